The molecule has 0 unspecified atom stereocenters. The van der Waals surface area contributed by atoms with Crippen LogP contribution in [0.5, 0.6) is 0 Å². The molecule has 0 atom stereocenters. The molecule has 0 saturated carbocycles. The number of carbonyl (C=O) groups excluding carboxylic acids is 1. The fourth-order valence-corrected chi connectivity index (χ4v) is 2.42. The van der Waals surface area contributed by atoms with Gasteiger partial charge in [-0.3, -0.25) is 4.99 Å². The van der Waals surface area contributed by atoms with Crippen LogP contribution in [0.2, 0.25) is 0 Å². The van der Waals surface area contributed by atoms with Crippen molar-refractivity contribution in [3.8, 4) is 5.69 Å². The van der Waals surface area contributed by atoms with Gasteiger partial charge in [-0.1, -0.05) is 18.2 Å². The van der Waals surface area contributed by atoms with Crippen molar-refractivity contribution in [1.29, 1.82) is 0 Å². The first kappa shape index (κ1) is 21.3. The van der Waals surface area contributed by atoms with E-state index in [4.69, 9.17) is 4.74 Å². The van der Waals surface area contributed by atoms with Gasteiger partial charge >= 0.3 is 6.09 Å². The second-order valence-electron chi connectivity index (χ2n) is 7.23. The molecule has 0 aliphatic rings. The third-order valence-corrected chi connectivity index (χ3v) is 3.67. The summed E-state index contributed by atoms with van der Waals surface area (Å²) in [4.78, 5) is 15.8. The van der Waals surface area contributed by atoms with E-state index >= 15 is 0 Å². The van der Waals surface area contributed by atoms with Crippen molar-refractivity contribution in [2.45, 2.75) is 32.8 Å². The van der Waals surface area contributed by atoms with Gasteiger partial charge in [0, 0.05) is 32.9 Å². The zero-order valence-electron chi connectivity index (χ0n) is 17.0. The summed E-state index contributed by atoms with van der Waals surface area (Å²) in [6, 6.07) is 10.0. The van der Waals surface area contributed by atoms with Crippen molar-refractivity contribution in [1.82, 2.24) is 25.7 Å². The van der Waals surface area contributed by atoms with Gasteiger partial charge in [0.25, 0.3) is 0 Å². The molecule has 1 heterocycles. The zero-order chi connectivity index (χ0) is 20.4. The molecule has 152 valence electrons. The maximum absolute atomic E-state index is 11.6. The number of amides is 1. The van der Waals surface area contributed by atoms with Crippen LogP contribution in [-0.4, -0.2) is 54.1 Å². The third-order valence-electron chi connectivity index (χ3n) is 3.67. The number of nitrogens with zero attached hydrogens (tertiary/aromatic N) is 3. The summed E-state index contributed by atoms with van der Waals surface area (Å²) in [5, 5.41) is 13.5. The van der Waals surface area contributed by atoms with E-state index in [2.05, 4.69) is 26.0 Å². The van der Waals surface area contributed by atoms with Crippen molar-refractivity contribution < 1.29 is 9.53 Å². The molecule has 0 aliphatic heterocycles. The summed E-state index contributed by atoms with van der Waals surface area (Å²) in [6.45, 7) is 7.21. The van der Waals surface area contributed by atoms with E-state index in [1.54, 1.807) is 7.05 Å². The highest BCUT2D eigenvalue weighted by Gasteiger charge is 2.15. The van der Waals surface area contributed by atoms with Crippen LogP contribution in [0.3, 0.4) is 0 Å². The molecule has 1 aromatic carbocycles. The first-order valence-electron chi connectivity index (χ1n) is 9.38. The first-order valence-corrected chi connectivity index (χ1v) is 9.38. The Balaban J connectivity index is 1.66. The van der Waals surface area contributed by atoms with Crippen LogP contribution < -0.4 is 16.0 Å². The van der Waals surface area contributed by atoms with Gasteiger partial charge < -0.3 is 20.7 Å². The molecule has 2 rings (SSSR count). The fourth-order valence-electron chi connectivity index (χ4n) is 2.42. The number of ether oxygens (including phenoxy) is 1. The maximum atomic E-state index is 11.6. The molecular weight excluding hydrogens is 356 g/mol. The Morgan fingerprint density at radius 2 is 1.79 bits per heavy atom. The zero-order valence-corrected chi connectivity index (χ0v) is 17.0. The predicted molar refractivity (Wildman–Crippen MR) is 111 cm³/mol. The van der Waals surface area contributed by atoms with Crippen LogP contribution in [0.4, 0.5) is 4.79 Å². The number of aromatic nitrogens is 2. The van der Waals surface area contributed by atoms with Gasteiger partial charge in [-0.2, -0.15) is 5.10 Å². The molecule has 1 amide bonds. The summed E-state index contributed by atoms with van der Waals surface area (Å²) in [5.74, 6) is 0.682. The number of carbonyl (C=O) groups is 1. The Morgan fingerprint density at radius 3 is 2.46 bits per heavy atom. The molecule has 0 radical (unpaired) electrons. The number of guanidine groups is 1. The van der Waals surface area contributed by atoms with E-state index in [0.717, 1.165) is 24.2 Å². The van der Waals surface area contributed by atoms with Crippen LogP contribution >= 0.6 is 0 Å². The normalized spacial score (nSPS) is 11.8. The Bertz CT molecular complexity index is 765. The van der Waals surface area contributed by atoms with Crippen LogP contribution in [0.1, 0.15) is 26.3 Å². The van der Waals surface area contributed by atoms with Gasteiger partial charge in [-0.25, -0.2) is 9.48 Å². The van der Waals surface area contributed by atoms with E-state index in [-0.39, 0.29) is 0 Å². The molecule has 28 heavy (non-hydrogen) atoms. The average Bonchev–Trinajstić information content (AvgIpc) is 3.12. The van der Waals surface area contributed by atoms with Crippen molar-refractivity contribution >= 4 is 12.1 Å². The number of aliphatic imine (C=N–C) groups is 1. The van der Waals surface area contributed by atoms with Gasteiger partial charge in [-0.15, -0.1) is 0 Å². The minimum atomic E-state index is -0.497. The lowest BCUT2D eigenvalue weighted by molar-refractivity contribution is 0.0529. The lowest BCUT2D eigenvalue weighted by Gasteiger charge is -2.19. The number of alkyl carbamates (subject to hydrolysis) is 1. The highest BCUT2D eigenvalue weighted by Crippen LogP contribution is 2.08. The van der Waals surface area contributed by atoms with E-state index in [0.29, 0.717) is 19.0 Å². The van der Waals surface area contributed by atoms with Crippen LogP contribution in [-0.2, 0) is 11.2 Å². The quantitative estimate of drug-likeness (QED) is 0.385. The van der Waals surface area contributed by atoms with Gasteiger partial charge in [0.1, 0.15) is 5.60 Å². The largest absolute Gasteiger partial charge is 0.444 e. The average molecular weight is 386 g/mol. The number of para-hydroxylation sites is 1. The summed E-state index contributed by atoms with van der Waals surface area (Å²) in [5.41, 5.74) is 1.68. The Kier molecular flexibility index (Phi) is 7.86. The van der Waals surface area contributed by atoms with Crippen molar-refractivity contribution in [3.05, 3.63) is 48.3 Å². The second-order valence-corrected chi connectivity index (χ2v) is 7.23. The van der Waals surface area contributed by atoms with E-state index < -0.39 is 11.7 Å². The van der Waals surface area contributed by atoms with Gasteiger partial charge in [0.05, 0.1) is 11.9 Å². The molecule has 8 heteroatoms. The van der Waals surface area contributed by atoms with E-state index in [1.807, 2.05) is 68.2 Å². The summed E-state index contributed by atoms with van der Waals surface area (Å²) >= 11 is 0. The van der Waals surface area contributed by atoms with Crippen molar-refractivity contribution in [2.24, 2.45) is 4.99 Å². The number of rotatable bonds is 7. The minimum absolute atomic E-state index is 0.423. The Hall–Kier alpha value is -3.03. The summed E-state index contributed by atoms with van der Waals surface area (Å²) < 4.78 is 7.05. The number of benzene rings is 1. The van der Waals surface area contributed by atoms with Crippen LogP contribution in [0.15, 0.2) is 47.7 Å². The standard InChI is InChI=1S/C20H30N6O2/c1-20(2,3)28-19(27)24-13-12-23-18(21-4)22-11-10-16-14-25-26(15-16)17-8-6-5-7-9-17/h5-9,14-15H,10-13H2,1-4H3,(H,24,27)(H2,21,22,23). The topological polar surface area (TPSA) is 92.6 Å². The summed E-state index contributed by atoms with van der Waals surface area (Å²) in [6.07, 6.45) is 4.30. The van der Waals surface area contributed by atoms with E-state index in [9.17, 15) is 4.79 Å². The second kappa shape index (κ2) is 10.3. The molecule has 0 fully saturated rings. The van der Waals surface area contributed by atoms with Crippen molar-refractivity contribution in [2.75, 3.05) is 26.7 Å². The Labute approximate surface area is 166 Å². The molecule has 3 N–H and O–H groups in total. The molecule has 8 nitrogen and oxygen atoms in total. The molecule has 2 aromatic rings. The van der Waals surface area contributed by atoms with E-state index in [1.165, 1.54) is 0 Å². The van der Waals surface area contributed by atoms with Crippen LogP contribution in [0, 0.1) is 0 Å². The Morgan fingerprint density at radius 1 is 1.11 bits per heavy atom. The molecule has 1 aromatic heterocycles. The predicted octanol–water partition coefficient (Wildman–Crippen LogP) is 2.10. The lowest BCUT2D eigenvalue weighted by atomic mass is 10.2. The third kappa shape index (κ3) is 7.69. The highest BCUT2D eigenvalue weighted by molar-refractivity contribution is 5.79. The van der Waals surface area contributed by atoms with Crippen LogP contribution in [0.25, 0.3) is 5.69 Å². The molecular formula is C20H30N6O2. The maximum Gasteiger partial charge on any atom is 0.407 e. The molecule has 0 aliphatic carbocycles. The monoisotopic (exact) mass is 386 g/mol. The summed E-state index contributed by atoms with van der Waals surface area (Å²) in [7, 11) is 1.71. The number of hydrogen-bond donors (Lipinski definition) is 3. The highest BCUT2D eigenvalue weighted by atomic mass is 16.6. The molecule has 0 spiro atoms. The molecule has 0 bridgehead atoms. The fraction of sp³-hybridized carbons (Fsp3) is 0.450. The van der Waals surface area contributed by atoms with Gasteiger partial charge in [0.2, 0.25) is 0 Å². The SMILES string of the molecule is CN=C(NCCNC(=O)OC(C)(C)C)NCCc1cnn(-c2ccccc2)c1. The number of nitrogens with one attached hydrogen (secondary N) is 3. The smallest absolute Gasteiger partial charge is 0.407 e. The van der Waals surface area contributed by atoms with Gasteiger partial charge in [0.15, 0.2) is 5.96 Å². The molecule has 0 saturated heterocycles. The van der Waals surface area contributed by atoms with Gasteiger partial charge in [-0.05, 0) is 44.9 Å². The lowest BCUT2D eigenvalue weighted by Crippen LogP contribution is -2.42. The first-order chi connectivity index (χ1) is 13.4. The van der Waals surface area contributed by atoms with Crippen molar-refractivity contribution in [3.63, 3.8) is 0 Å². The minimum Gasteiger partial charge on any atom is -0.444 e. The number of hydrogen-bond acceptors (Lipinski definition) is 4.